The van der Waals surface area contributed by atoms with Gasteiger partial charge in [-0.05, 0) is 41.8 Å². The fraction of sp³-hybridized carbons (Fsp3) is 0.300. The van der Waals surface area contributed by atoms with Gasteiger partial charge in [0.15, 0.2) is 18.1 Å². The van der Waals surface area contributed by atoms with Crippen molar-refractivity contribution >= 4 is 17.5 Å². The van der Waals surface area contributed by atoms with Crippen LogP contribution < -0.4 is 20.1 Å². The maximum atomic E-state index is 12.8. The summed E-state index contributed by atoms with van der Waals surface area (Å²) in [5, 5.41) is 0. The molecular formula is C20H24N2O4. The molecule has 2 rings (SSSR count). The van der Waals surface area contributed by atoms with Crippen molar-refractivity contribution in [3.05, 3.63) is 53.6 Å². The number of carbonyl (C=O) groups is 2. The van der Waals surface area contributed by atoms with Crippen LogP contribution in [0.5, 0.6) is 11.5 Å². The standard InChI is InChI=1S/C20H24N2O4/c1-13(2)14-6-5-7-16(10-14)22(3)20(24)15-8-9-17(18(11-15)25-4)26-12-19(21)23/h5-11,13H,12H2,1-4H3,(H2,21,23). The number of primary amides is 1. The van der Waals surface area contributed by atoms with Crippen molar-refractivity contribution in [2.75, 3.05) is 25.7 Å². The molecule has 0 aliphatic carbocycles. The van der Waals surface area contributed by atoms with Gasteiger partial charge in [-0.25, -0.2) is 0 Å². The molecule has 0 unspecified atom stereocenters. The molecule has 2 aromatic carbocycles. The van der Waals surface area contributed by atoms with E-state index in [1.54, 1.807) is 30.1 Å². The Kier molecular flexibility index (Phi) is 6.22. The molecule has 0 aromatic heterocycles. The second kappa shape index (κ2) is 8.38. The Balaban J connectivity index is 2.25. The molecule has 0 fully saturated rings. The van der Waals surface area contributed by atoms with E-state index in [2.05, 4.69) is 13.8 Å². The van der Waals surface area contributed by atoms with Gasteiger partial charge in [-0.15, -0.1) is 0 Å². The lowest BCUT2D eigenvalue weighted by molar-refractivity contribution is -0.119. The van der Waals surface area contributed by atoms with Gasteiger partial charge in [-0.3, -0.25) is 9.59 Å². The highest BCUT2D eigenvalue weighted by Crippen LogP contribution is 2.29. The Labute approximate surface area is 153 Å². The number of ether oxygens (including phenoxy) is 2. The number of rotatable bonds is 7. The lowest BCUT2D eigenvalue weighted by atomic mass is 10.0. The molecule has 2 amide bonds. The zero-order valence-electron chi connectivity index (χ0n) is 15.5. The van der Waals surface area contributed by atoms with E-state index in [0.717, 1.165) is 11.3 Å². The van der Waals surface area contributed by atoms with Gasteiger partial charge in [0.05, 0.1) is 7.11 Å². The molecule has 6 heteroatoms. The molecule has 2 N–H and O–H groups in total. The largest absolute Gasteiger partial charge is 0.493 e. The minimum atomic E-state index is -0.586. The number of benzene rings is 2. The summed E-state index contributed by atoms with van der Waals surface area (Å²) in [6.45, 7) is 3.96. The van der Waals surface area contributed by atoms with Crippen molar-refractivity contribution in [2.45, 2.75) is 19.8 Å². The number of hydrogen-bond acceptors (Lipinski definition) is 4. The highest BCUT2D eigenvalue weighted by molar-refractivity contribution is 6.06. The molecule has 0 heterocycles. The molecular weight excluding hydrogens is 332 g/mol. The second-order valence-electron chi connectivity index (χ2n) is 6.23. The van der Waals surface area contributed by atoms with E-state index in [-0.39, 0.29) is 12.5 Å². The van der Waals surface area contributed by atoms with Crippen molar-refractivity contribution in [1.82, 2.24) is 0 Å². The number of carbonyl (C=O) groups excluding carboxylic acids is 2. The van der Waals surface area contributed by atoms with E-state index in [4.69, 9.17) is 15.2 Å². The fourth-order valence-electron chi connectivity index (χ4n) is 2.47. The van der Waals surface area contributed by atoms with Crippen LogP contribution in [0.3, 0.4) is 0 Å². The summed E-state index contributed by atoms with van der Waals surface area (Å²) in [4.78, 5) is 25.3. The van der Waals surface area contributed by atoms with E-state index in [1.165, 1.54) is 7.11 Å². The Morgan fingerprint density at radius 1 is 1.12 bits per heavy atom. The van der Waals surface area contributed by atoms with Crippen LogP contribution in [0.25, 0.3) is 0 Å². The highest BCUT2D eigenvalue weighted by atomic mass is 16.5. The van der Waals surface area contributed by atoms with Crippen LogP contribution >= 0.6 is 0 Å². The number of nitrogens with two attached hydrogens (primary N) is 1. The summed E-state index contributed by atoms with van der Waals surface area (Å²) in [6.07, 6.45) is 0. The monoisotopic (exact) mass is 356 g/mol. The molecule has 26 heavy (non-hydrogen) atoms. The van der Waals surface area contributed by atoms with Gasteiger partial charge in [0.1, 0.15) is 0 Å². The first-order valence-electron chi connectivity index (χ1n) is 8.30. The summed E-state index contributed by atoms with van der Waals surface area (Å²) >= 11 is 0. The summed E-state index contributed by atoms with van der Waals surface area (Å²) in [5.41, 5.74) is 7.51. The van der Waals surface area contributed by atoms with Crippen molar-refractivity contribution in [2.24, 2.45) is 5.73 Å². The van der Waals surface area contributed by atoms with Crippen molar-refractivity contribution in [3.8, 4) is 11.5 Å². The molecule has 0 atom stereocenters. The van der Waals surface area contributed by atoms with Gasteiger partial charge in [-0.2, -0.15) is 0 Å². The first-order valence-corrected chi connectivity index (χ1v) is 8.30. The fourth-order valence-corrected chi connectivity index (χ4v) is 2.47. The molecule has 0 bridgehead atoms. The topological polar surface area (TPSA) is 81.9 Å². The van der Waals surface area contributed by atoms with Gasteiger partial charge in [0.2, 0.25) is 0 Å². The van der Waals surface area contributed by atoms with E-state index in [9.17, 15) is 9.59 Å². The lowest BCUT2D eigenvalue weighted by Gasteiger charge is -2.20. The van der Waals surface area contributed by atoms with Crippen LogP contribution in [-0.4, -0.2) is 32.6 Å². The van der Waals surface area contributed by atoms with Crippen LogP contribution in [0.1, 0.15) is 35.7 Å². The normalized spacial score (nSPS) is 10.5. The lowest BCUT2D eigenvalue weighted by Crippen LogP contribution is -2.26. The van der Waals surface area contributed by atoms with Crippen LogP contribution in [-0.2, 0) is 4.79 Å². The van der Waals surface area contributed by atoms with E-state index >= 15 is 0 Å². The number of methoxy groups -OCH3 is 1. The SMILES string of the molecule is COc1cc(C(=O)N(C)c2cccc(C(C)C)c2)ccc1OCC(N)=O. The Bertz CT molecular complexity index is 802. The zero-order chi connectivity index (χ0) is 19.3. The van der Waals surface area contributed by atoms with Gasteiger partial charge >= 0.3 is 0 Å². The van der Waals surface area contributed by atoms with E-state index in [0.29, 0.717) is 23.0 Å². The van der Waals surface area contributed by atoms with Crippen LogP contribution in [0.4, 0.5) is 5.69 Å². The minimum absolute atomic E-state index is 0.175. The minimum Gasteiger partial charge on any atom is -0.493 e. The van der Waals surface area contributed by atoms with Gasteiger partial charge < -0.3 is 20.1 Å². The third kappa shape index (κ3) is 4.53. The maximum absolute atomic E-state index is 12.8. The van der Waals surface area contributed by atoms with Gasteiger partial charge in [0, 0.05) is 18.3 Å². The number of amides is 2. The van der Waals surface area contributed by atoms with Crippen molar-refractivity contribution < 1.29 is 19.1 Å². The summed E-state index contributed by atoms with van der Waals surface area (Å²) in [5.74, 6) is 0.330. The van der Waals surface area contributed by atoms with Crippen LogP contribution in [0.2, 0.25) is 0 Å². The molecule has 2 aromatic rings. The van der Waals surface area contributed by atoms with Crippen LogP contribution in [0.15, 0.2) is 42.5 Å². The average Bonchev–Trinajstić information content (AvgIpc) is 2.64. The number of anilines is 1. The first-order chi connectivity index (χ1) is 12.3. The molecule has 0 spiro atoms. The molecule has 0 radical (unpaired) electrons. The second-order valence-corrected chi connectivity index (χ2v) is 6.23. The zero-order valence-corrected chi connectivity index (χ0v) is 15.5. The Morgan fingerprint density at radius 2 is 1.85 bits per heavy atom. The quantitative estimate of drug-likeness (QED) is 0.827. The molecule has 0 aliphatic heterocycles. The predicted molar refractivity (Wildman–Crippen MR) is 101 cm³/mol. The summed E-state index contributed by atoms with van der Waals surface area (Å²) in [7, 11) is 3.20. The van der Waals surface area contributed by atoms with Crippen molar-refractivity contribution in [3.63, 3.8) is 0 Å². The summed E-state index contributed by atoms with van der Waals surface area (Å²) < 4.78 is 10.5. The highest BCUT2D eigenvalue weighted by Gasteiger charge is 2.17. The van der Waals surface area contributed by atoms with E-state index in [1.807, 2.05) is 24.3 Å². The molecule has 6 nitrogen and oxygen atoms in total. The third-order valence-electron chi connectivity index (χ3n) is 4.01. The van der Waals surface area contributed by atoms with Gasteiger partial charge in [0.25, 0.3) is 11.8 Å². The molecule has 0 aliphatic rings. The first kappa shape index (κ1) is 19.3. The smallest absolute Gasteiger partial charge is 0.258 e. The Morgan fingerprint density at radius 3 is 2.46 bits per heavy atom. The number of hydrogen-bond donors (Lipinski definition) is 1. The predicted octanol–water partition coefficient (Wildman–Crippen LogP) is 2.96. The molecule has 138 valence electrons. The van der Waals surface area contributed by atoms with Crippen LogP contribution in [0, 0.1) is 0 Å². The summed E-state index contributed by atoms with van der Waals surface area (Å²) in [6, 6.07) is 12.7. The third-order valence-corrected chi connectivity index (χ3v) is 4.01. The Hall–Kier alpha value is -3.02. The van der Waals surface area contributed by atoms with Gasteiger partial charge in [-0.1, -0.05) is 26.0 Å². The maximum Gasteiger partial charge on any atom is 0.258 e. The molecule has 0 saturated carbocycles. The van der Waals surface area contributed by atoms with Crippen molar-refractivity contribution in [1.29, 1.82) is 0 Å². The molecule has 0 saturated heterocycles. The van der Waals surface area contributed by atoms with E-state index < -0.39 is 5.91 Å². The number of nitrogens with zero attached hydrogens (tertiary/aromatic N) is 1. The average molecular weight is 356 g/mol.